The second-order valence-electron chi connectivity index (χ2n) is 11.2. The molecular weight excluding hydrogens is 598 g/mol. The van der Waals surface area contributed by atoms with E-state index in [0.29, 0.717) is 33.3 Å². The van der Waals surface area contributed by atoms with Crippen molar-refractivity contribution in [2.45, 2.75) is 43.3 Å². The van der Waals surface area contributed by atoms with Crippen LogP contribution in [0.5, 0.6) is 0 Å². The van der Waals surface area contributed by atoms with Crippen molar-refractivity contribution in [3.63, 3.8) is 0 Å². The van der Waals surface area contributed by atoms with E-state index in [-0.39, 0.29) is 29.7 Å². The minimum Gasteiger partial charge on any atom is -0.321 e. The Bertz CT molecular complexity index is 1820. The molecule has 1 aliphatic rings. The topological polar surface area (TPSA) is 113 Å². The van der Waals surface area contributed by atoms with Crippen molar-refractivity contribution in [3.05, 3.63) is 131 Å². The molecule has 1 aliphatic heterocycles. The third-order valence-corrected chi connectivity index (χ3v) is 8.63. The molecule has 4 aromatic rings. The Hall–Kier alpha value is -5.28. The normalized spacial score (nSPS) is 14.8. The van der Waals surface area contributed by atoms with Crippen LogP contribution in [-0.4, -0.2) is 34.7 Å². The number of rotatable bonds is 10. The molecule has 1 atom stereocenters. The molecule has 5 rings (SSSR count). The summed E-state index contributed by atoms with van der Waals surface area (Å²) >= 11 is 1.23. The molecule has 0 radical (unpaired) electrons. The van der Waals surface area contributed by atoms with Crippen molar-refractivity contribution in [1.29, 1.82) is 0 Å². The number of anilines is 2. The zero-order chi connectivity index (χ0) is 32.8. The predicted octanol–water partition coefficient (Wildman–Crippen LogP) is 6.85. The van der Waals surface area contributed by atoms with Crippen LogP contribution in [0.1, 0.15) is 65.0 Å². The Kier molecular flexibility index (Phi) is 9.93. The number of thioether (sulfide) groups is 1. The highest BCUT2D eigenvalue weighted by atomic mass is 32.2. The first kappa shape index (κ1) is 32.1. The van der Waals surface area contributed by atoms with Gasteiger partial charge in [-0.2, -0.15) is 0 Å². The summed E-state index contributed by atoms with van der Waals surface area (Å²) in [5.41, 5.74) is 3.74. The number of carbonyl (C=O) groups excluding carboxylic acids is 5. The number of carbonyl (C=O) groups is 5. The van der Waals surface area contributed by atoms with Gasteiger partial charge in [0.2, 0.25) is 11.8 Å². The monoisotopic (exact) mass is 631 g/mol. The maximum absolute atomic E-state index is 13.5. The van der Waals surface area contributed by atoms with Crippen molar-refractivity contribution >= 4 is 58.6 Å². The first-order chi connectivity index (χ1) is 22.1. The van der Waals surface area contributed by atoms with Gasteiger partial charge in [-0.05, 0) is 84.6 Å². The van der Waals surface area contributed by atoms with E-state index in [1.807, 2.05) is 24.3 Å². The molecule has 232 valence electrons. The molecule has 1 heterocycles. The Labute approximate surface area is 271 Å². The minimum absolute atomic E-state index is 0.0164. The van der Waals surface area contributed by atoms with Crippen molar-refractivity contribution < 1.29 is 24.0 Å². The molecule has 4 amide bonds. The second kappa shape index (κ2) is 14.2. The summed E-state index contributed by atoms with van der Waals surface area (Å²) in [6.45, 7) is 5.65. The Morgan fingerprint density at radius 2 is 1.54 bits per heavy atom. The SMILES string of the molecule is CC(=O)c1ccc(N2C(=O)CC(Sc3cccc(NC(=O)C(=Cc4ccc(C(C)C)cc4)NC(=O)c4ccccc4)c3)C2=O)cc1. The van der Waals surface area contributed by atoms with E-state index in [2.05, 4.69) is 24.5 Å². The van der Waals surface area contributed by atoms with E-state index < -0.39 is 17.1 Å². The van der Waals surface area contributed by atoms with Gasteiger partial charge >= 0.3 is 0 Å². The number of nitrogens with zero attached hydrogens (tertiary/aromatic N) is 1. The number of nitrogens with one attached hydrogen (secondary N) is 2. The van der Waals surface area contributed by atoms with Crippen molar-refractivity contribution in [3.8, 4) is 0 Å². The van der Waals surface area contributed by atoms with Gasteiger partial charge in [-0.3, -0.25) is 24.0 Å². The summed E-state index contributed by atoms with van der Waals surface area (Å²) in [4.78, 5) is 66.1. The lowest BCUT2D eigenvalue weighted by Gasteiger charge is -2.15. The molecule has 8 nitrogen and oxygen atoms in total. The highest BCUT2D eigenvalue weighted by molar-refractivity contribution is 8.00. The van der Waals surface area contributed by atoms with Gasteiger partial charge in [-0.1, -0.05) is 62.4 Å². The fourth-order valence-corrected chi connectivity index (χ4v) is 6.02. The first-order valence-electron chi connectivity index (χ1n) is 14.8. The van der Waals surface area contributed by atoms with Gasteiger partial charge in [0, 0.05) is 28.1 Å². The highest BCUT2D eigenvalue weighted by Gasteiger charge is 2.40. The van der Waals surface area contributed by atoms with Gasteiger partial charge in [0.25, 0.3) is 11.8 Å². The molecule has 1 saturated heterocycles. The number of imide groups is 1. The van der Waals surface area contributed by atoms with Gasteiger partial charge in [-0.25, -0.2) is 4.90 Å². The van der Waals surface area contributed by atoms with Crippen molar-refractivity contribution in [2.75, 3.05) is 10.2 Å². The van der Waals surface area contributed by atoms with Gasteiger partial charge in [0.05, 0.1) is 10.9 Å². The van der Waals surface area contributed by atoms with Gasteiger partial charge in [0.1, 0.15) is 5.70 Å². The maximum atomic E-state index is 13.5. The summed E-state index contributed by atoms with van der Waals surface area (Å²) < 4.78 is 0. The molecule has 2 N–H and O–H groups in total. The van der Waals surface area contributed by atoms with Crippen LogP contribution in [0.2, 0.25) is 0 Å². The number of ketones is 1. The smallest absolute Gasteiger partial charge is 0.272 e. The fraction of sp³-hybridized carbons (Fsp3) is 0.162. The maximum Gasteiger partial charge on any atom is 0.272 e. The van der Waals surface area contributed by atoms with Gasteiger partial charge < -0.3 is 10.6 Å². The minimum atomic E-state index is -0.652. The molecular formula is C37H33N3O5S. The standard InChI is InChI=1S/C37H33N3O5S/c1-23(2)26-14-12-25(13-15-26)20-32(39-35(43)28-8-5-4-6-9-28)36(44)38-29-10-7-11-31(21-29)46-33-22-34(42)40(37(33)45)30-18-16-27(17-19-30)24(3)41/h4-21,23,33H,22H2,1-3H3,(H,38,44)(H,39,43). The molecule has 0 spiro atoms. The summed E-state index contributed by atoms with van der Waals surface area (Å²) in [5.74, 6) is -1.37. The summed E-state index contributed by atoms with van der Waals surface area (Å²) in [7, 11) is 0. The molecule has 4 aromatic carbocycles. The number of hydrogen-bond acceptors (Lipinski definition) is 6. The summed E-state index contributed by atoms with van der Waals surface area (Å²) in [6.07, 6.45) is 1.64. The molecule has 1 unspecified atom stereocenters. The fourth-order valence-electron chi connectivity index (χ4n) is 4.91. The van der Waals surface area contributed by atoms with Crippen LogP contribution >= 0.6 is 11.8 Å². The van der Waals surface area contributed by atoms with Crippen LogP contribution in [0.15, 0.2) is 114 Å². The van der Waals surface area contributed by atoms with Crippen LogP contribution in [0, 0.1) is 0 Å². The lowest BCUT2D eigenvalue weighted by Crippen LogP contribution is -2.31. The number of Topliss-reactive ketones (excluding diaryl/α,β-unsaturated/α-hetero) is 1. The van der Waals surface area contributed by atoms with Gasteiger partial charge in [0.15, 0.2) is 5.78 Å². The second-order valence-corrected chi connectivity index (χ2v) is 12.4. The molecule has 46 heavy (non-hydrogen) atoms. The van der Waals surface area contributed by atoms with E-state index in [4.69, 9.17) is 0 Å². The van der Waals surface area contributed by atoms with Crippen molar-refractivity contribution in [1.82, 2.24) is 5.32 Å². The summed E-state index contributed by atoms with van der Waals surface area (Å²) in [5, 5.41) is 4.96. The molecule has 0 aliphatic carbocycles. The lowest BCUT2D eigenvalue weighted by molar-refractivity contribution is -0.121. The Balaban J connectivity index is 1.32. The predicted molar refractivity (Wildman–Crippen MR) is 181 cm³/mol. The molecule has 0 saturated carbocycles. The van der Waals surface area contributed by atoms with Crippen LogP contribution in [0.25, 0.3) is 6.08 Å². The van der Waals surface area contributed by atoms with E-state index >= 15 is 0 Å². The van der Waals surface area contributed by atoms with Gasteiger partial charge in [-0.15, -0.1) is 11.8 Å². The summed E-state index contributed by atoms with van der Waals surface area (Å²) in [6, 6.07) is 29.8. The highest BCUT2D eigenvalue weighted by Crippen LogP contribution is 2.35. The van der Waals surface area contributed by atoms with Crippen LogP contribution in [0.4, 0.5) is 11.4 Å². The largest absolute Gasteiger partial charge is 0.321 e. The van der Waals surface area contributed by atoms with Crippen molar-refractivity contribution in [2.24, 2.45) is 0 Å². The van der Waals surface area contributed by atoms with Crippen LogP contribution < -0.4 is 15.5 Å². The van der Waals surface area contributed by atoms with E-state index in [1.165, 1.54) is 18.7 Å². The zero-order valence-electron chi connectivity index (χ0n) is 25.7. The van der Waals surface area contributed by atoms with Crippen LogP contribution in [-0.2, 0) is 14.4 Å². The first-order valence-corrected chi connectivity index (χ1v) is 15.7. The Morgan fingerprint density at radius 3 is 2.20 bits per heavy atom. The number of amides is 4. The molecule has 9 heteroatoms. The average Bonchev–Trinajstić information content (AvgIpc) is 3.33. The third-order valence-electron chi connectivity index (χ3n) is 7.45. The van der Waals surface area contributed by atoms with E-state index in [0.717, 1.165) is 16.0 Å². The van der Waals surface area contributed by atoms with E-state index in [9.17, 15) is 24.0 Å². The third kappa shape index (κ3) is 7.68. The molecule has 0 bridgehead atoms. The lowest BCUT2D eigenvalue weighted by atomic mass is 10.0. The molecule has 0 aromatic heterocycles. The molecule has 1 fully saturated rings. The van der Waals surface area contributed by atoms with E-state index in [1.54, 1.807) is 84.9 Å². The Morgan fingerprint density at radius 1 is 0.848 bits per heavy atom. The number of benzene rings is 4. The average molecular weight is 632 g/mol. The zero-order valence-corrected chi connectivity index (χ0v) is 26.5. The van der Waals surface area contributed by atoms with Crippen LogP contribution in [0.3, 0.4) is 0 Å². The number of hydrogen-bond donors (Lipinski definition) is 2. The quantitative estimate of drug-likeness (QED) is 0.113.